The van der Waals surface area contributed by atoms with Crippen molar-refractivity contribution in [2.24, 2.45) is 5.92 Å². The van der Waals surface area contributed by atoms with E-state index in [0.717, 1.165) is 48.6 Å². The Morgan fingerprint density at radius 3 is 2.53 bits per heavy atom. The Kier molecular flexibility index (Phi) is 5.36. The molecule has 0 saturated carbocycles. The van der Waals surface area contributed by atoms with E-state index < -0.39 is 0 Å². The van der Waals surface area contributed by atoms with Crippen LogP contribution in [0.1, 0.15) is 29.2 Å². The Morgan fingerprint density at radius 2 is 1.71 bits per heavy atom. The highest BCUT2D eigenvalue weighted by Crippen LogP contribution is 2.41. The summed E-state index contributed by atoms with van der Waals surface area (Å²) in [4.78, 5) is 30.1. The van der Waals surface area contributed by atoms with Crippen LogP contribution >= 0.6 is 23.2 Å². The second-order valence-electron chi connectivity index (χ2n) is 9.38. The number of likely N-dealkylation sites (tertiary alicyclic amines) is 1. The minimum Gasteiger partial charge on any atom is -0.312 e. The van der Waals surface area contributed by atoms with Crippen molar-refractivity contribution in [1.29, 1.82) is 0 Å². The predicted octanol–water partition coefficient (Wildman–Crippen LogP) is 5.12. The van der Waals surface area contributed by atoms with Crippen molar-refractivity contribution >= 4 is 46.4 Å². The zero-order chi connectivity index (χ0) is 23.4. The molecule has 0 aliphatic carbocycles. The van der Waals surface area contributed by atoms with Crippen molar-refractivity contribution in [1.82, 2.24) is 9.47 Å². The fourth-order valence-electron chi connectivity index (χ4n) is 5.64. The van der Waals surface area contributed by atoms with Crippen LogP contribution in [-0.2, 0) is 11.3 Å². The van der Waals surface area contributed by atoms with Crippen LogP contribution in [0.5, 0.6) is 0 Å². The van der Waals surface area contributed by atoms with Crippen molar-refractivity contribution in [3.05, 3.63) is 97.9 Å². The molecular weight excluding hydrogens is 469 g/mol. The maximum atomic E-state index is 13.6. The highest BCUT2D eigenvalue weighted by Gasteiger charge is 2.38. The van der Waals surface area contributed by atoms with E-state index in [-0.39, 0.29) is 11.5 Å². The van der Waals surface area contributed by atoms with E-state index in [9.17, 15) is 9.59 Å². The van der Waals surface area contributed by atoms with Gasteiger partial charge in [0.25, 0.3) is 11.5 Å². The van der Waals surface area contributed by atoms with Gasteiger partial charge in [0.2, 0.25) is 0 Å². The number of carbonyl (C=O) groups excluding carboxylic acids is 1. The molecule has 1 aromatic heterocycles. The molecule has 7 heteroatoms. The minimum atomic E-state index is -0.0282. The number of amides is 1. The largest absolute Gasteiger partial charge is 0.312 e. The highest BCUT2D eigenvalue weighted by atomic mass is 35.5. The van der Waals surface area contributed by atoms with Gasteiger partial charge in [0.05, 0.1) is 12.4 Å². The summed E-state index contributed by atoms with van der Waals surface area (Å²) in [5.41, 5.74) is 4.49. The SMILES string of the molecule is O=C1/C(=C\c2ccc(Cl)cc2)c2ccc(Cl)cc2N1CN1C[C@@H]2C[C@H](C1)c1cccc(=O)n1C2. The van der Waals surface area contributed by atoms with Crippen molar-refractivity contribution < 1.29 is 4.79 Å². The number of fused-ring (bicyclic) bond motifs is 5. The molecule has 0 radical (unpaired) electrons. The third-order valence-corrected chi connectivity index (χ3v) is 7.58. The lowest BCUT2D eigenvalue weighted by atomic mass is 9.83. The van der Waals surface area contributed by atoms with Gasteiger partial charge < -0.3 is 4.57 Å². The number of benzene rings is 2. The predicted molar refractivity (Wildman–Crippen MR) is 136 cm³/mol. The molecule has 3 aliphatic heterocycles. The maximum Gasteiger partial charge on any atom is 0.260 e. The molecule has 2 aromatic carbocycles. The highest BCUT2D eigenvalue weighted by molar-refractivity contribution is 6.37. The first-order chi connectivity index (χ1) is 16.5. The first kappa shape index (κ1) is 21.7. The molecule has 3 aromatic rings. The van der Waals surface area contributed by atoms with E-state index >= 15 is 0 Å². The Bertz CT molecular complexity index is 1380. The Balaban J connectivity index is 1.31. The number of aromatic nitrogens is 1. The summed E-state index contributed by atoms with van der Waals surface area (Å²) in [6, 6.07) is 18.6. The van der Waals surface area contributed by atoms with Gasteiger partial charge in [-0.15, -0.1) is 0 Å². The van der Waals surface area contributed by atoms with Crippen LogP contribution in [0.15, 0.2) is 65.5 Å². The molecule has 172 valence electrons. The molecule has 1 amide bonds. The van der Waals surface area contributed by atoms with Gasteiger partial charge >= 0.3 is 0 Å². The molecule has 1 saturated heterocycles. The van der Waals surface area contributed by atoms with Crippen molar-refractivity contribution in [3.63, 3.8) is 0 Å². The van der Waals surface area contributed by atoms with Gasteiger partial charge in [0.15, 0.2) is 0 Å². The number of carbonyl (C=O) groups is 1. The molecule has 2 atom stereocenters. The van der Waals surface area contributed by atoms with Gasteiger partial charge in [-0.2, -0.15) is 0 Å². The number of piperidine rings is 1. The first-order valence-corrected chi connectivity index (χ1v) is 12.2. The number of rotatable bonds is 3. The summed E-state index contributed by atoms with van der Waals surface area (Å²) in [7, 11) is 0. The third-order valence-electron chi connectivity index (χ3n) is 7.09. The van der Waals surface area contributed by atoms with Gasteiger partial charge in [-0.25, -0.2) is 0 Å². The first-order valence-electron chi connectivity index (χ1n) is 11.5. The van der Waals surface area contributed by atoms with Crippen LogP contribution < -0.4 is 10.5 Å². The van der Waals surface area contributed by atoms with Gasteiger partial charge in [-0.1, -0.05) is 47.5 Å². The normalized spacial score (nSPS) is 22.7. The Morgan fingerprint density at radius 1 is 0.912 bits per heavy atom. The molecule has 0 N–H and O–H groups in total. The van der Waals surface area contributed by atoms with E-state index in [1.54, 1.807) is 6.07 Å². The van der Waals surface area contributed by atoms with Gasteiger partial charge in [0, 0.05) is 58.5 Å². The van der Waals surface area contributed by atoms with Crippen molar-refractivity contribution in [3.8, 4) is 0 Å². The Hall–Kier alpha value is -2.86. The number of halogens is 2. The zero-order valence-corrected chi connectivity index (χ0v) is 20.0. The lowest BCUT2D eigenvalue weighted by Gasteiger charge is -2.43. The van der Waals surface area contributed by atoms with Gasteiger partial charge in [-0.05, 0) is 54.3 Å². The minimum absolute atomic E-state index is 0.0282. The summed E-state index contributed by atoms with van der Waals surface area (Å²) < 4.78 is 1.93. The van der Waals surface area contributed by atoms with E-state index in [1.165, 1.54) is 0 Å². The van der Waals surface area contributed by atoms with Crippen LogP contribution in [0.3, 0.4) is 0 Å². The molecule has 5 nitrogen and oxygen atoms in total. The summed E-state index contributed by atoms with van der Waals surface area (Å²) in [6.45, 7) is 2.90. The monoisotopic (exact) mass is 491 g/mol. The van der Waals surface area contributed by atoms with Gasteiger partial charge in [-0.3, -0.25) is 19.4 Å². The van der Waals surface area contributed by atoms with Crippen molar-refractivity contribution in [2.75, 3.05) is 24.7 Å². The number of hydrogen-bond acceptors (Lipinski definition) is 3. The summed E-state index contributed by atoms with van der Waals surface area (Å²) >= 11 is 12.4. The topological polar surface area (TPSA) is 45.6 Å². The van der Waals surface area contributed by atoms with Crippen LogP contribution in [0.2, 0.25) is 10.0 Å². The maximum absolute atomic E-state index is 13.6. The van der Waals surface area contributed by atoms with E-state index in [2.05, 4.69) is 11.0 Å². The smallest absolute Gasteiger partial charge is 0.260 e. The van der Waals surface area contributed by atoms with Crippen LogP contribution in [0, 0.1) is 5.92 Å². The van der Waals surface area contributed by atoms with Crippen LogP contribution in [-0.4, -0.2) is 35.1 Å². The van der Waals surface area contributed by atoms with Crippen LogP contribution in [0.4, 0.5) is 5.69 Å². The van der Waals surface area contributed by atoms with E-state index in [1.807, 2.05) is 64.1 Å². The summed E-state index contributed by atoms with van der Waals surface area (Å²) in [5, 5.41) is 1.27. The Labute approximate surface area is 207 Å². The van der Waals surface area contributed by atoms with E-state index in [4.69, 9.17) is 23.2 Å². The molecular formula is C27H23Cl2N3O2. The summed E-state index contributed by atoms with van der Waals surface area (Å²) in [6.07, 6.45) is 3.00. The lowest BCUT2D eigenvalue weighted by molar-refractivity contribution is -0.113. The fourth-order valence-corrected chi connectivity index (χ4v) is 5.93. The average molecular weight is 492 g/mol. The third kappa shape index (κ3) is 3.78. The van der Waals surface area contributed by atoms with Crippen LogP contribution in [0.25, 0.3) is 11.6 Å². The zero-order valence-electron chi connectivity index (χ0n) is 18.5. The fraction of sp³-hybridized carbons (Fsp3) is 0.259. The molecule has 34 heavy (non-hydrogen) atoms. The number of anilines is 1. The van der Waals surface area contributed by atoms with Gasteiger partial charge in [0.1, 0.15) is 0 Å². The van der Waals surface area contributed by atoms with Crippen molar-refractivity contribution in [2.45, 2.75) is 18.9 Å². The second kappa shape index (κ2) is 8.42. The molecule has 0 unspecified atom stereocenters. The standard InChI is InChI=1S/C27H23Cl2N3O2/c28-20-6-4-17(5-7-20)11-23-22-9-8-21(29)12-25(22)32(27(23)34)16-30-13-18-10-19(15-30)24-2-1-3-26(33)31(24)14-18/h1-9,11-12,18-19H,10,13-16H2/b23-11-/t18-,19+/m0/s1. The lowest BCUT2D eigenvalue weighted by Crippen LogP contribution is -2.50. The second-order valence-corrected chi connectivity index (χ2v) is 10.3. The molecule has 6 rings (SSSR count). The molecule has 0 spiro atoms. The molecule has 2 bridgehead atoms. The number of nitrogens with zero attached hydrogens (tertiary/aromatic N) is 3. The molecule has 1 fully saturated rings. The average Bonchev–Trinajstić information content (AvgIpc) is 3.06. The summed E-state index contributed by atoms with van der Waals surface area (Å²) in [5.74, 6) is 0.661. The quantitative estimate of drug-likeness (QED) is 0.477. The van der Waals surface area contributed by atoms with E-state index in [0.29, 0.717) is 34.1 Å². The number of pyridine rings is 1. The number of hydrogen-bond donors (Lipinski definition) is 0. The molecule has 4 heterocycles. The molecule has 3 aliphatic rings.